The van der Waals surface area contributed by atoms with Gasteiger partial charge in [0.2, 0.25) is 5.91 Å². The SMILES string of the molecule is O=C1CC(CBr)CN1Cc1ccccc1Cl. The van der Waals surface area contributed by atoms with Crippen molar-refractivity contribution < 1.29 is 4.79 Å². The van der Waals surface area contributed by atoms with E-state index in [-0.39, 0.29) is 5.91 Å². The third kappa shape index (κ3) is 2.58. The molecule has 0 spiro atoms. The number of carbonyl (C=O) groups excluding carboxylic acids is 1. The van der Waals surface area contributed by atoms with Gasteiger partial charge in [-0.25, -0.2) is 0 Å². The predicted octanol–water partition coefficient (Wildman–Crippen LogP) is 3.08. The highest BCUT2D eigenvalue weighted by Crippen LogP contribution is 2.24. The molecular formula is C12H13BrClNO. The Hall–Kier alpha value is -0.540. The second-order valence-electron chi connectivity index (χ2n) is 4.09. The van der Waals surface area contributed by atoms with Crippen molar-refractivity contribution in [2.24, 2.45) is 5.92 Å². The van der Waals surface area contributed by atoms with Crippen molar-refractivity contribution in [3.8, 4) is 0 Å². The van der Waals surface area contributed by atoms with Crippen LogP contribution in [0.5, 0.6) is 0 Å². The summed E-state index contributed by atoms with van der Waals surface area (Å²) in [5.74, 6) is 0.666. The van der Waals surface area contributed by atoms with Crippen LogP contribution in [0.15, 0.2) is 24.3 Å². The van der Waals surface area contributed by atoms with Crippen LogP contribution >= 0.6 is 27.5 Å². The maximum absolute atomic E-state index is 11.7. The fourth-order valence-corrected chi connectivity index (χ4v) is 2.57. The summed E-state index contributed by atoms with van der Waals surface area (Å²) in [4.78, 5) is 13.6. The lowest BCUT2D eigenvalue weighted by Gasteiger charge is -2.17. The normalized spacial score (nSPS) is 20.5. The predicted molar refractivity (Wildman–Crippen MR) is 68.8 cm³/mol. The number of hydrogen-bond donors (Lipinski definition) is 0. The molecule has 1 heterocycles. The Morgan fingerprint density at radius 2 is 2.19 bits per heavy atom. The second kappa shape index (κ2) is 5.19. The molecule has 0 radical (unpaired) electrons. The van der Waals surface area contributed by atoms with Gasteiger partial charge in [0.05, 0.1) is 0 Å². The van der Waals surface area contributed by atoms with E-state index < -0.39 is 0 Å². The van der Waals surface area contributed by atoms with Crippen LogP contribution in [0, 0.1) is 5.92 Å². The van der Waals surface area contributed by atoms with Crippen molar-refractivity contribution in [1.82, 2.24) is 4.90 Å². The molecule has 86 valence electrons. The van der Waals surface area contributed by atoms with Gasteiger partial charge in [-0.15, -0.1) is 0 Å². The zero-order chi connectivity index (χ0) is 11.5. The summed E-state index contributed by atoms with van der Waals surface area (Å²) >= 11 is 9.50. The monoisotopic (exact) mass is 301 g/mol. The van der Waals surface area contributed by atoms with Crippen molar-refractivity contribution in [3.05, 3.63) is 34.9 Å². The van der Waals surface area contributed by atoms with E-state index in [1.807, 2.05) is 29.2 Å². The molecule has 1 aliphatic heterocycles. The molecule has 4 heteroatoms. The molecular weight excluding hydrogens is 289 g/mol. The highest BCUT2D eigenvalue weighted by molar-refractivity contribution is 9.09. The van der Waals surface area contributed by atoms with Gasteiger partial charge >= 0.3 is 0 Å². The summed E-state index contributed by atoms with van der Waals surface area (Å²) < 4.78 is 0. The van der Waals surface area contributed by atoms with E-state index >= 15 is 0 Å². The minimum atomic E-state index is 0.226. The maximum Gasteiger partial charge on any atom is 0.223 e. The van der Waals surface area contributed by atoms with Crippen LogP contribution in [0.2, 0.25) is 5.02 Å². The molecule has 2 rings (SSSR count). The van der Waals surface area contributed by atoms with Crippen LogP contribution < -0.4 is 0 Å². The first-order valence-electron chi connectivity index (χ1n) is 5.28. The molecule has 0 N–H and O–H groups in total. The quantitative estimate of drug-likeness (QED) is 0.786. The van der Waals surface area contributed by atoms with Crippen LogP contribution in [0.1, 0.15) is 12.0 Å². The number of amides is 1. The van der Waals surface area contributed by atoms with Gasteiger partial charge in [0.1, 0.15) is 0 Å². The zero-order valence-electron chi connectivity index (χ0n) is 8.83. The first kappa shape index (κ1) is 11.9. The van der Waals surface area contributed by atoms with Crippen LogP contribution in [0.25, 0.3) is 0 Å². The molecule has 1 aliphatic rings. The lowest BCUT2D eigenvalue weighted by molar-refractivity contribution is -0.128. The van der Waals surface area contributed by atoms with E-state index in [0.29, 0.717) is 18.9 Å². The van der Waals surface area contributed by atoms with E-state index in [2.05, 4.69) is 15.9 Å². The third-order valence-electron chi connectivity index (χ3n) is 2.83. The Bertz CT molecular complexity index is 396. The summed E-state index contributed by atoms with van der Waals surface area (Å²) in [6.45, 7) is 1.46. The lowest BCUT2D eigenvalue weighted by atomic mass is 10.2. The largest absolute Gasteiger partial charge is 0.338 e. The van der Waals surface area contributed by atoms with Gasteiger partial charge in [-0.05, 0) is 17.5 Å². The van der Waals surface area contributed by atoms with Crippen molar-refractivity contribution in [2.45, 2.75) is 13.0 Å². The molecule has 2 nitrogen and oxygen atoms in total. The fraction of sp³-hybridized carbons (Fsp3) is 0.417. The molecule has 1 amide bonds. The number of halogens is 2. The first-order valence-corrected chi connectivity index (χ1v) is 6.78. The van der Waals surface area contributed by atoms with E-state index in [0.717, 1.165) is 22.5 Å². The lowest BCUT2D eigenvalue weighted by Crippen LogP contribution is -2.24. The van der Waals surface area contributed by atoms with Gasteiger partial charge < -0.3 is 4.90 Å². The number of rotatable bonds is 3. The summed E-state index contributed by atoms with van der Waals surface area (Å²) in [5, 5.41) is 1.62. The highest BCUT2D eigenvalue weighted by Gasteiger charge is 2.28. The van der Waals surface area contributed by atoms with Crippen LogP contribution in [-0.4, -0.2) is 22.7 Å². The Balaban J connectivity index is 2.06. The second-order valence-corrected chi connectivity index (χ2v) is 5.14. The Labute approximate surface area is 109 Å². The van der Waals surface area contributed by atoms with Gasteiger partial charge in [-0.3, -0.25) is 4.79 Å². The molecule has 1 atom stereocenters. The molecule has 1 saturated heterocycles. The van der Waals surface area contributed by atoms with Gasteiger partial charge in [0.25, 0.3) is 0 Å². The minimum Gasteiger partial charge on any atom is -0.338 e. The minimum absolute atomic E-state index is 0.226. The zero-order valence-corrected chi connectivity index (χ0v) is 11.2. The van der Waals surface area contributed by atoms with Crippen LogP contribution in [0.3, 0.4) is 0 Å². The molecule has 0 saturated carbocycles. The average molecular weight is 303 g/mol. The number of carbonyl (C=O) groups is 1. The van der Waals surface area contributed by atoms with Crippen LogP contribution in [0.4, 0.5) is 0 Å². The molecule has 1 aromatic carbocycles. The van der Waals surface area contributed by atoms with Gasteiger partial charge in [0.15, 0.2) is 0 Å². The van der Waals surface area contributed by atoms with Crippen molar-refractivity contribution in [1.29, 1.82) is 0 Å². The number of likely N-dealkylation sites (tertiary alicyclic amines) is 1. The number of benzene rings is 1. The molecule has 1 aromatic rings. The van der Waals surface area contributed by atoms with Crippen molar-refractivity contribution in [3.63, 3.8) is 0 Å². The summed E-state index contributed by atoms with van der Waals surface area (Å²) in [7, 11) is 0. The molecule has 16 heavy (non-hydrogen) atoms. The van der Waals surface area contributed by atoms with Gasteiger partial charge in [-0.1, -0.05) is 45.7 Å². The molecule has 0 aliphatic carbocycles. The number of nitrogens with zero attached hydrogens (tertiary/aromatic N) is 1. The summed E-state index contributed by atoms with van der Waals surface area (Å²) in [6.07, 6.45) is 0.649. The smallest absolute Gasteiger partial charge is 0.223 e. The molecule has 0 bridgehead atoms. The number of alkyl halides is 1. The number of hydrogen-bond acceptors (Lipinski definition) is 1. The standard InChI is InChI=1S/C12H13BrClNO/c13-6-9-5-12(16)15(7-9)8-10-3-1-2-4-11(10)14/h1-4,9H,5-8H2. The Kier molecular flexibility index (Phi) is 3.87. The highest BCUT2D eigenvalue weighted by atomic mass is 79.9. The summed E-state index contributed by atoms with van der Waals surface area (Å²) in [6, 6.07) is 7.68. The van der Waals surface area contributed by atoms with Crippen LogP contribution in [-0.2, 0) is 11.3 Å². The third-order valence-corrected chi connectivity index (χ3v) is 4.12. The molecule has 1 fully saturated rings. The summed E-state index contributed by atoms with van der Waals surface area (Å²) in [5.41, 5.74) is 1.02. The van der Waals surface area contributed by atoms with Crippen molar-refractivity contribution >= 4 is 33.4 Å². The fourth-order valence-electron chi connectivity index (χ4n) is 1.94. The topological polar surface area (TPSA) is 20.3 Å². The van der Waals surface area contributed by atoms with E-state index in [9.17, 15) is 4.79 Å². The molecule has 1 unspecified atom stereocenters. The van der Waals surface area contributed by atoms with Gasteiger partial charge in [0, 0.05) is 29.9 Å². The average Bonchev–Trinajstić information content (AvgIpc) is 2.63. The van der Waals surface area contributed by atoms with E-state index in [4.69, 9.17) is 11.6 Å². The first-order chi connectivity index (χ1) is 7.70. The molecule has 0 aromatic heterocycles. The van der Waals surface area contributed by atoms with E-state index in [1.165, 1.54) is 0 Å². The Morgan fingerprint density at radius 3 is 2.81 bits per heavy atom. The van der Waals surface area contributed by atoms with E-state index in [1.54, 1.807) is 0 Å². The van der Waals surface area contributed by atoms with Crippen molar-refractivity contribution in [2.75, 3.05) is 11.9 Å². The van der Waals surface area contributed by atoms with Gasteiger partial charge in [-0.2, -0.15) is 0 Å². The maximum atomic E-state index is 11.7. The Morgan fingerprint density at radius 1 is 1.44 bits per heavy atom.